The molecular weight excluding hydrogens is 324 g/mol. The molecule has 2 aromatic carbocycles. The number of aryl methyl sites for hydroxylation is 1. The van der Waals surface area contributed by atoms with E-state index in [1.165, 1.54) is 31.5 Å². The molecule has 0 unspecified atom stereocenters. The van der Waals surface area contributed by atoms with Gasteiger partial charge in [0.25, 0.3) is 5.91 Å². The van der Waals surface area contributed by atoms with Crippen LogP contribution in [-0.2, 0) is 13.1 Å². The maximum atomic E-state index is 12.4. The van der Waals surface area contributed by atoms with Gasteiger partial charge < -0.3 is 10.1 Å². The first-order chi connectivity index (χ1) is 12.7. The number of nitrogens with one attached hydrogen (secondary N) is 1. The number of likely N-dealkylation sites (tertiary alicyclic amines) is 1. The van der Waals surface area contributed by atoms with Gasteiger partial charge in [0, 0.05) is 18.7 Å². The molecule has 0 aliphatic carbocycles. The number of hydrogen-bond acceptors (Lipinski definition) is 3. The summed E-state index contributed by atoms with van der Waals surface area (Å²) in [5, 5.41) is 3.00. The first-order valence-corrected chi connectivity index (χ1v) is 9.47. The SMILES string of the molecule is CCOc1ccc(C(=O)NCc2ccc(CN3CCCC3)cc2)cc1C. The Labute approximate surface area is 156 Å². The van der Waals surface area contributed by atoms with Gasteiger partial charge >= 0.3 is 0 Å². The summed E-state index contributed by atoms with van der Waals surface area (Å²) in [4.78, 5) is 14.9. The summed E-state index contributed by atoms with van der Waals surface area (Å²) in [7, 11) is 0. The van der Waals surface area contributed by atoms with Crippen molar-refractivity contribution >= 4 is 5.91 Å². The van der Waals surface area contributed by atoms with Gasteiger partial charge in [-0.05, 0) is 74.7 Å². The molecule has 4 nitrogen and oxygen atoms in total. The van der Waals surface area contributed by atoms with Crippen LogP contribution >= 0.6 is 0 Å². The molecule has 1 fully saturated rings. The second kappa shape index (κ2) is 8.86. The Hall–Kier alpha value is -2.33. The van der Waals surface area contributed by atoms with Crippen LogP contribution in [0, 0.1) is 6.92 Å². The highest BCUT2D eigenvalue weighted by Gasteiger charge is 2.12. The number of amides is 1. The van der Waals surface area contributed by atoms with E-state index in [4.69, 9.17) is 4.74 Å². The Morgan fingerprint density at radius 2 is 1.77 bits per heavy atom. The maximum absolute atomic E-state index is 12.4. The smallest absolute Gasteiger partial charge is 0.251 e. The summed E-state index contributed by atoms with van der Waals surface area (Å²) >= 11 is 0. The molecule has 1 aliphatic heterocycles. The molecule has 1 N–H and O–H groups in total. The molecule has 0 aromatic heterocycles. The van der Waals surface area contributed by atoms with Crippen LogP contribution in [-0.4, -0.2) is 30.5 Å². The van der Waals surface area contributed by atoms with E-state index >= 15 is 0 Å². The number of rotatable bonds is 7. The third-order valence-corrected chi connectivity index (χ3v) is 4.82. The molecule has 1 aliphatic rings. The van der Waals surface area contributed by atoms with Crippen LogP contribution in [0.3, 0.4) is 0 Å². The zero-order chi connectivity index (χ0) is 18.4. The molecule has 4 heteroatoms. The molecule has 0 saturated carbocycles. The lowest BCUT2D eigenvalue weighted by Crippen LogP contribution is -2.23. The van der Waals surface area contributed by atoms with E-state index in [2.05, 4.69) is 34.5 Å². The largest absolute Gasteiger partial charge is 0.494 e. The Bertz CT molecular complexity index is 734. The molecular formula is C22H28N2O2. The van der Waals surface area contributed by atoms with Crippen LogP contribution in [0.15, 0.2) is 42.5 Å². The molecule has 138 valence electrons. The second-order valence-electron chi connectivity index (χ2n) is 6.90. The average molecular weight is 352 g/mol. The number of nitrogens with zero attached hydrogens (tertiary/aromatic N) is 1. The summed E-state index contributed by atoms with van der Waals surface area (Å²) in [6.45, 7) is 8.52. The lowest BCUT2D eigenvalue weighted by Gasteiger charge is -2.14. The van der Waals surface area contributed by atoms with Gasteiger partial charge in [-0.2, -0.15) is 0 Å². The molecule has 26 heavy (non-hydrogen) atoms. The minimum atomic E-state index is -0.0581. The van der Waals surface area contributed by atoms with Gasteiger partial charge in [0.05, 0.1) is 6.61 Å². The van der Waals surface area contributed by atoms with Gasteiger partial charge in [-0.1, -0.05) is 24.3 Å². The Kier molecular flexibility index (Phi) is 6.29. The van der Waals surface area contributed by atoms with Crippen LogP contribution in [0.1, 0.15) is 46.8 Å². The van der Waals surface area contributed by atoms with Crippen molar-refractivity contribution in [3.05, 3.63) is 64.7 Å². The summed E-state index contributed by atoms with van der Waals surface area (Å²) < 4.78 is 5.52. The quantitative estimate of drug-likeness (QED) is 0.821. The van der Waals surface area contributed by atoms with Crippen molar-refractivity contribution in [1.82, 2.24) is 10.2 Å². The minimum absolute atomic E-state index is 0.0581. The summed E-state index contributed by atoms with van der Waals surface area (Å²) in [6.07, 6.45) is 2.63. The summed E-state index contributed by atoms with van der Waals surface area (Å²) in [6, 6.07) is 14.1. The fourth-order valence-electron chi connectivity index (χ4n) is 3.35. The fourth-order valence-corrected chi connectivity index (χ4v) is 3.35. The van der Waals surface area contributed by atoms with Crippen molar-refractivity contribution in [2.24, 2.45) is 0 Å². The first kappa shape index (κ1) is 18.5. The summed E-state index contributed by atoms with van der Waals surface area (Å²) in [5.41, 5.74) is 4.10. The highest BCUT2D eigenvalue weighted by Crippen LogP contribution is 2.19. The third kappa shape index (κ3) is 4.85. The van der Waals surface area contributed by atoms with E-state index < -0.39 is 0 Å². The normalized spacial score (nSPS) is 14.4. The molecule has 0 spiro atoms. The number of carbonyl (C=O) groups is 1. The highest BCUT2D eigenvalue weighted by atomic mass is 16.5. The topological polar surface area (TPSA) is 41.6 Å². The van der Waals surface area contributed by atoms with Crippen molar-refractivity contribution in [2.75, 3.05) is 19.7 Å². The van der Waals surface area contributed by atoms with Gasteiger partial charge in [0.1, 0.15) is 5.75 Å². The van der Waals surface area contributed by atoms with E-state index in [9.17, 15) is 4.79 Å². The van der Waals surface area contributed by atoms with E-state index in [1.807, 2.05) is 32.0 Å². The van der Waals surface area contributed by atoms with Crippen LogP contribution in [0.5, 0.6) is 5.75 Å². The molecule has 0 atom stereocenters. The fraction of sp³-hybridized carbons (Fsp3) is 0.409. The van der Waals surface area contributed by atoms with Gasteiger partial charge in [-0.3, -0.25) is 9.69 Å². The van der Waals surface area contributed by atoms with Gasteiger partial charge in [-0.25, -0.2) is 0 Å². The molecule has 3 rings (SSSR count). The van der Waals surface area contributed by atoms with Crippen molar-refractivity contribution in [3.63, 3.8) is 0 Å². The molecule has 0 bridgehead atoms. The zero-order valence-electron chi connectivity index (χ0n) is 15.8. The van der Waals surface area contributed by atoms with Gasteiger partial charge in [-0.15, -0.1) is 0 Å². The Morgan fingerprint density at radius 3 is 2.42 bits per heavy atom. The monoisotopic (exact) mass is 352 g/mol. The molecule has 2 aromatic rings. The van der Waals surface area contributed by atoms with E-state index in [-0.39, 0.29) is 5.91 Å². The van der Waals surface area contributed by atoms with Crippen LogP contribution < -0.4 is 10.1 Å². The third-order valence-electron chi connectivity index (χ3n) is 4.82. The number of hydrogen-bond donors (Lipinski definition) is 1. The van der Waals surface area contributed by atoms with Gasteiger partial charge in [0.15, 0.2) is 0 Å². The Balaban J connectivity index is 1.53. The predicted octanol–water partition coefficient (Wildman–Crippen LogP) is 3.92. The maximum Gasteiger partial charge on any atom is 0.251 e. The molecule has 1 saturated heterocycles. The minimum Gasteiger partial charge on any atom is -0.494 e. The number of carbonyl (C=O) groups excluding carboxylic acids is 1. The Morgan fingerprint density at radius 1 is 1.08 bits per heavy atom. The van der Waals surface area contributed by atoms with Crippen molar-refractivity contribution in [1.29, 1.82) is 0 Å². The lowest BCUT2D eigenvalue weighted by atomic mass is 10.1. The number of benzene rings is 2. The first-order valence-electron chi connectivity index (χ1n) is 9.47. The molecule has 1 heterocycles. The average Bonchev–Trinajstić information content (AvgIpc) is 3.16. The number of ether oxygens (including phenoxy) is 1. The van der Waals surface area contributed by atoms with Crippen LogP contribution in [0.4, 0.5) is 0 Å². The van der Waals surface area contributed by atoms with Crippen LogP contribution in [0.2, 0.25) is 0 Å². The molecule has 0 radical (unpaired) electrons. The van der Waals surface area contributed by atoms with Crippen molar-refractivity contribution in [3.8, 4) is 5.75 Å². The predicted molar refractivity (Wildman–Crippen MR) is 104 cm³/mol. The van der Waals surface area contributed by atoms with Gasteiger partial charge in [0.2, 0.25) is 0 Å². The van der Waals surface area contributed by atoms with E-state index in [0.29, 0.717) is 18.7 Å². The van der Waals surface area contributed by atoms with E-state index in [1.54, 1.807) is 0 Å². The lowest BCUT2D eigenvalue weighted by molar-refractivity contribution is 0.0951. The van der Waals surface area contributed by atoms with Crippen LogP contribution in [0.25, 0.3) is 0 Å². The zero-order valence-corrected chi connectivity index (χ0v) is 15.8. The summed E-state index contributed by atoms with van der Waals surface area (Å²) in [5.74, 6) is 0.773. The molecule has 1 amide bonds. The standard InChI is InChI=1S/C22H28N2O2/c1-3-26-21-11-10-20(14-17(21)2)22(25)23-15-18-6-8-19(9-7-18)16-24-12-4-5-13-24/h6-11,14H,3-5,12-13,15-16H2,1-2H3,(H,23,25). The van der Waals surface area contributed by atoms with E-state index in [0.717, 1.165) is 23.4 Å². The van der Waals surface area contributed by atoms with Crippen molar-refractivity contribution < 1.29 is 9.53 Å². The van der Waals surface area contributed by atoms with Crippen molar-refractivity contribution in [2.45, 2.75) is 39.8 Å². The second-order valence-corrected chi connectivity index (χ2v) is 6.90. The highest BCUT2D eigenvalue weighted by molar-refractivity contribution is 5.94.